The zero-order chi connectivity index (χ0) is 25.5. The van der Waals surface area contributed by atoms with Crippen LogP contribution in [0.1, 0.15) is 11.1 Å². The molecule has 0 bridgehead atoms. The normalized spacial score (nSPS) is 10.2. The van der Waals surface area contributed by atoms with Crippen LogP contribution in [0.5, 0.6) is 0 Å². The average Bonchev–Trinajstić information content (AvgIpc) is 3.45. The molecule has 0 fully saturated rings. The monoisotopic (exact) mass is 670 g/mol. The van der Waals surface area contributed by atoms with E-state index in [1.165, 1.54) is 16.7 Å². The summed E-state index contributed by atoms with van der Waals surface area (Å²) in [7, 11) is 0. The standard InChI is InChI=1S/C23H19N2.C11H8N.Ir/c1-17-14-18(2)16-21(15-17)23-12-13-25(24-23)22-10-8-20(9-11-22)19-6-4-3-5-7-19;1-2-6-10(7-3-1)11-8-4-5-9-12-11;/h3-10,12-16H,1-2H3;1-6,8-9H;/q2*-1;. The molecule has 0 unspecified atom stereocenters. The molecule has 2 heterocycles. The van der Waals surface area contributed by atoms with Gasteiger partial charge in [-0.1, -0.05) is 65.2 Å². The zero-order valence-electron chi connectivity index (χ0n) is 21.3. The third kappa shape index (κ3) is 6.80. The Morgan fingerprint density at radius 2 is 1.39 bits per heavy atom. The van der Waals surface area contributed by atoms with Crippen LogP contribution in [0.15, 0.2) is 128 Å². The van der Waals surface area contributed by atoms with Gasteiger partial charge in [-0.25, -0.2) is 0 Å². The van der Waals surface area contributed by atoms with E-state index in [4.69, 9.17) is 5.10 Å². The number of rotatable bonds is 4. The van der Waals surface area contributed by atoms with Gasteiger partial charge < -0.3 is 4.98 Å². The van der Waals surface area contributed by atoms with Crippen molar-refractivity contribution < 1.29 is 20.1 Å². The van der Waals surface area contributed by atoms with E-state index >= 15 is 0 Å². The van der Waals surface area contributed by atoms with Crippen molar-refractivity contribution in [1.82, 2.24) is 14.8 Å². The third-order valence-electron chi connectivity index (χ3n) is 5.91. The number of nitrogens with zero attached hydrogens (tertiary/aromatic N) is 3. The Kier molecular flexibility index (Phi) is 9.16. The fourth-order valence-electron chi connectivity index (χ4n) is 4.18. The Bertz CT molecular complexity index is 1500. The van der Waals surface area contributed by atoms with Gasteiger partial charge in [0.1, 0.15) is 0 Å². The van der Waals surface area contributed by atoms with Gasteiger partial charge >= 0.3 is 0 Å². The van der Waals surface area contributed by atoms with Crippen LogP contribution in [-0.2, 0) is 20.1 Å². The van der Waals surface area contributed by atoms with Crippen LogP contribution < -0.4 is 0 Å². The van der Waals surface area contributed by atoms with Gasteiger partial charge in [-0.3, -0.25) is 4.68 Å². The molecule has 4 aromatic carbocycles. The van der Waals surface area contributed by atoms with Gasteiger partial charge in [-0.2, -0.15) is 23.3 Å². The molecule has 0 N–H and O–H groups in total. The van der Waals surface area contributed by atoms with E-state index in [1.54, 1.807) is 6.20 Å². The molecule has 0 amide bonds. The minimum atomic E-state index is 0. The molecule has 1 radical (unpaired) electrons. The maximum Gasteiger partial charge on any atom is 0.0926 e. The van der Waals surface area contributed by atoms with E-state index in [0.29, 0.717) is 0 Å². The van der Waals surface area contributed by atoms with Crippen molar-refractivity contribution in [3.63, 3.8) is 0 Å². The first-order valence-corrected chi connectivity index (χ1v) is 12.3. The van der Waals surface area contributed by atoms with Gasteiger partial charge in [-0.05, 0) is 49.5 Å². The number of aryl methyl sites for hydroxylation is 2. The molecule has 0 aliphatic heterocycles. The van der Waals surface area contributed by atoms with E-state index < -0.39 is 0 Å². The second-order valence-electron chi connectivity index (χ2n) is 8.84. The maximum absolute atomic E-state index is 4.72. The van der Waals surface area contributed by atoms with Crippen LogP contribution >= 0.6 is 0 Å². The van der Waals surface area contributed by atoms with Gasteiger partial charge in [0.25, 0.3) is 0 Å². The van der Waals surface area contributed by atoms with Crippen LogP contribution in [0.4, 0.5) is 0 Å². The van der Waals surface area contributed by atoms with Crippen LogP contribution in [0.2, 0.25) is 0 Å². The van der Waals surface area contributed by atoms with Crippen molar-refractivity contribution in [2.45, 2.75) is 13.8 Å². The van der Waals surface area contributed by atoms with Crippen molar-refractivity contribution in [2.24, 2.45) is 0 Å². The van der Waals surface area contributed by atoms with Crippen LogP contribution in [-0.4, -0.2) is 14.8 Å². The summed E-state index contributed by atoms with van der Waals surface area (Å²) in [6, 6.07) is 45.2. The van der Waals surface area contributed by atoms with Crippen molar-refractivity contribution in [3.8, 4) is 39.3 Å². The van der Waals surface area contributed by atoms with Crippen LogP contribution in [0.3, 0.4) is 0 Å². The molecule has 189 valence electrons. The number of aromatic nitrogens is 3. The predicted molar refractivity (Wildman–Crippen MR) is 151 cm³/mol. The Morgan fingerprint density at radius 1 is 0.632 bits per heavy atom. The number of hydrogen-bond donors (Lipinski definition) is 0. The van der Waals surface area contributed by atoms with Crippen molar-refractivity contribution in [3.05, 3.63) is 151 Å². The van der Waals surface area contributed by atoms with Gasteiger partial charge in [0.15, 0.2) is 0 Å². The summed E-state index contributed by atoms with van der Waals surface area (Å²) in [5.41, 5.74) is 9.94. The summed E-state index contributed by atoms with van der Waals surface area (Å²) in [6.07, 6.45) is 3.77. The van der Waals surface area contributed by atoms with Crippen LogP contribution in [0.25, 0.3) is 39.3 Å². The van der Waals surface area contributed by atoms with E-state index in [0.717, 1.165) is 33.8 Å². The molecule has 0 spiro atoms. The van der Waals surface area contributed by atoms with E-state index in [-0.39, 0.29) is 20.1 Å². The summed E-state index contributed by atoms with van der Waals surface area (Å²) in [5, 5.41) is 4.72. The summed E-state index contributed by atoms with van der Waals surface area (Å²) in [5.74, 6) is 0. The minimum absolute atomic E-state index is 0. The Morgan fingerprint density at radius 3 is 2.05 bits per heavy atom. The molecular formula is C34H27IrN3-2. The SMILES string of the molecule is Cc1cc(C)cc(-c2ccn(-c3[c-]cc(-c4ccccc4)cc3)n2)c1.[Ir].[c-]1ccccc1-c1ccccn1. The topological polar surface area (TPSA) is 30.7 Å². The first-order valence-electron chi connectivity index (χ1n) is 12.3. The van der Waals surface area contributed by atoms with E-state index in [2.05, 4.69) is 73.4 Å². The van der Waals surface area contributed by atoms with Gasteiger partial charge in [0.2, 0.25) is 0 Å². The Labute approximate surface area is 238 Å². The van der Waals surface area contributed by atoms with Gasteiger partial charge in [0, 0.05) is 38.1 Å². The molecule has 0 aliphatic carbocycles. The zero-order valence-corrected chi connectivity index (χ0v) is 23.7. The molecular weight excluding hydrogens is 643 g/mol. The molecule has 4 heteroatoms. The molecule has 6 rings (SSSR count). The molecule has 0 atom stereocenters. The number of pyridine rings is 1. The first-order chi connectivity index (χ1) is 18.2. The average molecular weight is 670 g/mol. The summed E-state index contributed by atoms with van der Waals surface area (Å²) >= 11 is 0. The van der Waals surface area contributed by atoms with Crippen molar-refractivity contribution in [2.75, 3.05) is 0 Å². The summed E-state index contributed by atoms with van der Waals surface area (Å²) in [6.45, 7) is 4.23. The number of hydrogen-bond acceptors (Lipinski definition) is 2. The second-order valence-corrected chi connectivity index (χ2v) is 8.84. The van der Waals surface area contributed by atoms with Crippen molar-refractivity contribution >= 4 is 0 Å². The maximum atomic E-state index is 4.72. The van der Waals surface area contributed by atoms with Crippen LogP contribution in [0, 0.1) is 26.0 Å². The van der Waals surface area contributed by atoms with Gasteiger partial charge in [-0.15, -0.1) is 47.5 Å². The molecule has 3 nitrogen and oxygen atoms in total. The smallest absolute Gasteiger partial charge is 0.0926 e. The molecule has 0 aliphatic rings. The quantitative estimate of drug-likeness (QED) is 0.177. The number of benzene rings is 4. The minimum Gasteiger partial charge on any atom is -0.305 e. The van der Waals surface area contributed by atoms with Gasteiger partial charge in [0.05, 0.1) is 5.69 Å². The summed E-state index contributed by atoms with van der Waals surface area (Å²) < 4.78 is 1.88. The molecule has 6 aromatic rings. The fourth-order valence-corrected chi connectivity index (χ4v) is 4.18. The fraction of sp³-hybridized carbons (Fsp3) is 0.0588. The first kappa shape index (κ1) is 26.9. The van der Waals surface area contributed by atoms with E-state index in [9.17, 15) is 0 Å². The summed E-state index contributed by atoms with van der Waals surface area (Å²) in [4.78, 5) is 4.22. The molecule has 0 saturated heterocycles. The predicted octanol–water partition coefficient (Wildman–Crippen LogP) is 8.17. The molecule has 2 aromatic heterocycles. The molecule has 0 saturated carbocycles. The van der Waals surface area contributed by atoms with E-state index in [1.807, 2.05) is 83.7 Å². The largest absolute Gasteiger partial charge is 0.305 e. The molecule has 38 heavy (non-hydrogen) atoms. The third-order valence-corrected chi connectivity index (χ3v) is 5.91. The Balaban J connectivity index is 0.000000218. The van der Waals surface area contributed by atoms with Crippen molar-refractivity contribution in [1.29, 1.82) is 0 Å². The second kappa shape index (κ2) is 12.9. The Hall–Kier alpha value is -4.11.